The van der Waals surface area contributed by atoms with Gasteiger partial charge in [-0.15, -0.1) is 0 Å². The van der Waals surface area contributed by atoms with Crippen LogP contribution in [-0.4, -0.2) is 23.0 Å². The summed E-state index contributed by atoms with van der Waals surface area (Å²) in [5, 5.41) is 7.17. The summed E-state index contributed by atoms with van der Waals surface area (Å²) in [4.78, 5) is 4.15. The number of aromatic amines is 1. The summed E-state index contributed by atoms with van der Waals surface area (Å²) >= 11 is 0. The molecule has 0 spiro atoms. The Morgan fingerprint density at radius 3 is 2.88 bits per heavy atom. The highest BCUT2D eigenvalue weighted by atomic mass is 19.2. The standard InChI is InChI=1S/C12H9F2N3/c13-9-4-3-8-11(7-2-1-5-15-6-7)16-17-12(8)10(9)14/h2-5H,1,6H2,(H,16,17). The first-order valence-corrected chi connectivity index (χ1v) is 5.27. The molecule has 1 aromatic heterocycles. The number of benzene rings is 1. The number of dihydropyridines is 1. The van der Waals surface area contributed by atoms with Gasteiger partial charge in [0.25, 0.3) is 0 Å². The molecule has 3 rings (SSSR count). The maximum atomic E-state index is 13.5. The molecule has 1 aliphatic heterocycles. The molecule has 5 heteroatoms. The summed E-state index contributed by atoms with van der Waals surface area (Å²) in [5.41, 5.74) is 1.69. The average molecular weight is 233 g/mol. The molecule has 1 aromatic carbocycles. The molecule has 3 nitrogen and oxygen atoms in total. The number of H-pyrrole nitrogens is 1. The molecule has 2 heterocycles. The molecule has 0 saturated heterocycles. The largest absolute Gasteiger partial charge is 0.292 e. The summed E-state index contributed by atoms with van der Waals surface area (Å²) in [5.74, 6) is -1.76. The van der Waals surface area contributed by atoms with Crippen LogP contribution in [0.4, 0.5) is 8.78 Å². The maximum Gasteiger partial charge on any atom is 0.184 e. The van der Waals surface area contributed by atoms with Crippen molar-refractivity contribution in [3.8, 4) is 0 Å². The molecule has 0 bridgehead atoms. The van der Waals surface area contributed by atoms with Gasteiger partial charge in [0.05, 0.1) is 12.2 Å². The number of nitrogens with zero attached hydrogens (tertiary/aromatic N) is 2. The van der Waals surface area contributed by atoms with Gasteiger partial charge in [-0.1, -0.05) is 6.08 Å². The Labute approximate surface area is 95.9 Å². The minimum Gasteiger partial charge on any atom is -0.292 e. The lowest BCUT2D eigenvalue weighted by Gasteiger charge is -2.05. The Morgan fingerprint density at radius 1 is 1.24 bits per heavy atom. The van der Waals surface area contributed by atoms with Crippen LogP contribution in [-0.2, 0) is 0 Å². The quantitative estimate of drug-likeness (QED) is 0.808. The molecule has 1 aliphatic rings. The molecule has 0 saturated carbocycles. The molecule has 0 radical (unpaired) electrons. The van der Waals surface area contributed by atoms with Crippen LogP contribution in [0.1, 0.15) is 12.1 Å². The van der Waals surface area contributed by atoms with E-state index in [4.69, 9.17) is 0 Å². The fourth-order valence-electron chi connectivity index (χ4n) is 1.94. The number of nitrogens with one attached hydrogen (secondary N) is 1. The predicted molar refractivity (Wildman–Crippen MR) is 62.0 cm³/mol. The normalized spacial score (nSPS) is 15.3. The van der Waals surface area contributed by atoms with Gasteiger partial charge in [-0.3, -0.25) is 10.1 Å². The number of halogens is 2. The third kappa shape index (κ3) is 1.54. The van der Waals surface area contributed by atoms with E-state index in [2.05, 4.69) is 15.2 Å². The SMILES string of the molecule is Fc1ccc2c(C3=CCC=NC3)n[nH]c2c1F. The minimum absolute atomic E-state index is 0.107. The fourth-order valence-corrected chi connectivity index (χ4v) is 1.94. The second-order valence-electron chi connectivity index (χ2n) is 3.84. The lowest BCUT2D eigenvalue weighted by atomic mass is 10.1. The molecule has 0 unspecified atom stereocenters. The highest BCUT2D eigenvalue weighted by Gasteiger charge is 2.16. The van der Waals surface area contributed by atoms with E-state index in [-0.39, 0.29) is 5.52 Å². The lowest BCUT2D eigenvalue weighted by molar-refractivity contribution is 0.515. The number of aliphatic imine (C=N–C) groups is 1. The van der Waals surface area contributed by atoms with E-state index in [1.54, 1.807) is 0 Å². The summed E-state index contributed by atoms with van der Waals surface area (Å²) in [6, 6.07) is 2.65. The maximum absolute atomic E-state index is 13.5. The number of hydrogen-bond acceptors (Lipinski definition) is 2. The van der Waals surface area contributed by atoms with Crippen molar-refractivity contribution in [3.05, 3.63) is 35.5 Å². The number of fused-ring (bicyclic) bond motifs is 1. The summed E-state index contributed by atoms with van der Waals surface area (Å²) in [7, 11) is 0. The van der Waals surface area contributed by atoms with E-state index < -0.39 is 11.6 Å². The van der Waals surface area contributed by atoms with Gasteiger partial charge in [0.2, 0.25) is 0 Å². The van der Waals surface area contributed by atoms with Crippen molar-refractivity contribution in [2.75, 3.05) is 6.54 Å². The van der Waals surface area contributed by atoms with Gasteiger partial charge in [0.15, 0.2) is 11.6 Å². The second kappa shape index (κ2) is 3.76. The molecule has 1 N–H and O–H groups in total. The molecule has 0 amide bonds. The Morgan fingerprint density at radius 2 is 2.12 bits per heavy atom. The van der Waals surface area contributed by atoms with Crippen LogP contribution in [0.5, 0.6) is 0 Å². The van der Waals surface area contributed by atoms with Crippen LogP contribution < -0.4 is 0 Å². The van der Waals surface area contributed by atoms with Crippen molar-refractivity contribution < 1.29 is 8.78 Å². The van der Waals surface area contributed by atoms with Crippen LogP contribution in [0.25, 0.3) is 16.5 Å². The third-order valence-corrected chi connectivity index (χ3v) is 2.79. The molecule has 2 aromatic rings. The second-order valence-corrected chi connectivity index (χ2v) is 3.84. The van der Waals surface area contributed by atoms with Crippen molar-refractivity contribution in [1.82, 2.24) is 10.2 Å². The fraction of sp³-hybridized carbons (Fsp3) is 0.167. The van der Waals surface area contributed by atoms with Crippen molar-refractivity contribution >= 4 is 22.7 Å². The Kier molecular flexibility index (Phi) is 2.24. The molecule has 86 valence electrons. The zero-order valence-electron chi connectivity index (χ0n) is 8.87. The van der Waals surface area contributed by atoms with Gasteiger partial charge in [-0.25, -0.2) is 8.78 Å². The van der Waals surface area contributed by atoms with Gasteiger partial charge < -0.3 is 0 Å². The number of rotatable bonds is 1. The highest BCUT2D eigenvalue weighted by Crippen LogP contribution is 2.26. The lowest BCUT2D eigenvalue weighted by Crippen LogP contribution is -1.96. The minimum atomic E-state index is -0.888. The van der Waals surface area contributed by atoms with Crippen LogP contribution in [0.3, 0.4) is 0 Å². The van der Waals surface area contributed by atoms with Gasteiger partial charge in [0, 0.05) is 18.0 Å². The van der Waals surface area contributed by atoms with Gasteiger partial charge >= 0.3 is 0 Å². The van der Waals surface area contributed by atoms with E-state index in [9.17, 15) is 8.78 Å². The molecular weight excluding hydrogens is 224 g/mol. The molecule has 0 fully saturated rings. The van der Waals surface area contributed by atoms with Crippen molar-refractivity contribution in [2.24, 2.45) is 4.99 Å². The number of allylic oxidation sites excluding steroid dienone is 1. The van der Waals surface area contributed by atoms with Gasteiger partial charge in [0.1, 0.15) is 5.52 Å². The summed E-state index contributed by atoms with van der Waals surface area (Å²) in [6.45, 7) is 0.527. The van der Waals surface area contributed by atoms with Crippen molar-refractivity contribution in [1.29, 1.82) is 0 Å². The Bertz CT molecular complexity index is 640. The average Bonchev–Trinajstić information content (AvgIpc) is 2.79. The smallest absolute Gasteiger partial charge is 0.184 e. The molecule has 0 atom stereocenters. The summed E-state index contributed by atoms with van der Waals surface area (Å²) < 4.78 is 26.5. The monoisotopic (exact) mass is 233 g/mol. The summed E-state index contributed by atoms with van der Waals surface area (Å²) in [6.07, 6.45) is 4.55. The van der Waals surface area contributed by atoms with Crippen LogP contribution in [0.15, 0.2) is 23.2 Å². The molecule has 0 aliphatic carbocycles. The van der Waals surface area contributed by atoms with Crippen LogP contribution in [0.2, 0.25) is 0 Å². The molecular formula is C12H9F2N3. The predicted octanol–water partition coefficient (Wildman–Crippen LogP) is 2.70. The third-order valence-electron chi connectivity index (χ3n) is 2.79. The Hall–Kier alpha value is -2.04. The topological polar surface area (TPSA) is 41.0 Å². The van der Waals surface area contributed by atoms with E-state index in [0.29, 0.717) is 17.6 Å². The van der Waals surface area contributed by atoms with E-state index in [0.717, 1.165) is 18.1 Å². The van der Waals surface area contributed by atoms with E-state index >= 15 is 0 Å². The molecule has 17 heavy (non-hydrogen) atoms. The van der Waals surface area contributed by atoms with Crippen LogP contribution >= 0.6 is 0 Å². The van der Waals surface area contributed by atoms with E-state index in [1.165, 1.54) is 6.07 Å². The van der Waals surface area contributed by atoms with Gasteiger partial charge in [-0.2, -0.15) is 5.10 Å². The number of hydrogen-bond donors (Lipinski definition) is 1. The van der Waals surface area contributed by atoms with Crippen molar-refractivity contribution in [2.45, 2.75) is 6.42 Å². The van der Waals surface area contributed by atoms with E-state index in [1.807, 2.05) is 12.3 Å². The van der Waals surface area contributed by atoms with Crippen molar-refractivity contribution in [3.63, 3.8) is 0 Å². The first-order valence-electron chi connectivity index (χ1n) is 5.27. The Balaban J connectivity index is 2.19. The zero-order valence-corrected chi connectivity index (χ0v) is 8.87. The zero-order chi connectivity index (χ0) is 11.8. The number of aromatic nitrogens is 2. The van der Waals surface area contributed by atoms with Crippen LogP contribution in [0, 0.1) is 11.6 Å². The highest BCUT2D eigenvalue weighted by molar-refractivity contribution is 5.92. The van der Waals surface area contributed by atoms with Gasteiger partial charge in [-0.05, 0) is 17.7 Å². The first kappa shape index (κ1) is 10.1. The first-order chi connectivity index (χ1) is 8.27.